The number of nitriles is 1. The van der Waals surface area contributed by atoms with Crippen molar-refractivity contribution in [1.29, 1.82) is 5.26 Å². The Kier molecular flexibility index (Phi) is 5.01. The van der Waals surface area contributed by atoms with Gasteiger partial charge in [0.15, 0.2) is 0 Å². The molecule has 1 saturated carbocycles. The lowest BCUT2D eigenvalue weighted by molar-refractivity contribution is -0.122. The third-order valence-corrected chi connectivity index (χ3v) is 3.95. The van der Waals surface area contributed by atoms with Crippen molar-refractivity contribution in [2.45, 2.75) is 44.4 Å². The average Bonchev–Trinajstić information content (AvgIpc) is 3.10. The van der Waals surface area contributed by atoms with E-state index >= 15 is 0 Å². The van der Waals surface area contributed by atoms with Gasteiger partial charge >= 0.3 is 0 Å². The maximum atomic E-state index is 12.0. The van der Waals surface area contributed by atoms with Crippen LogP contribution in [0.25, 0.3) is 0 Å². The van der Waals surface area contributed by atoms with Crippen molar-refractivity contribution in [3.8, 4) is 11.9 Å². The van der Waals surface area contributed by atoms with Gasteiger partial charge in [0, 0.05) is 30.8 Å². The number of hydrogen-bond donors (Lipinski definition) is 1. The van der Waals surface area contributed by atoms with Crippen LogP contribution in [-0.4, -0.2) is 37.8 Å². The minimum absolute atomic E-state index is 0.00642. The van der Waals surface area contributed by atoms with Crippen LogP contribution < -0.4 is 10.1 Å². The Morgan fingerprint density at radius 1 is 1.29 bits per heavy atom. The Labute approximate surface area is 139 Å². The van der Waals surface area contributed by atoms with Crippen LogP contribution in [0.15, 0.2) is 30.9 Å². The number of aromatic nitrogens is 4. The monoisotopic (exact) mass is 326 g/mol. The number of hydrogen-bond acceptors (Lipinski definition) is 6. The summed E-state index contributed by atoms with van der Waals surface area (Å²) in [6.07, 6.45) is 9.65. The lowest BCUT2D eigenvalue weighted by Crippen LogP contribution is -2.41. The van der Waals surface area contributed by atoms with Gasteiger partial charge in [0.05, 0.1) is 0 Å². The molecule has 1 aliphatic carbocycles. The molecule has 2 heterocycles. The Hall–Kier alpha value is -2.95. The zero-order valence-corrected chi connectivity index (χ0v) is 13.1. The fourth-order valence-electron chi connectivity index (χ4n) is 2.79. The first-order valence-corrected chi connectivity index (χ1v) is 7.89. The number of rotatable bonds is 5. The summed E-state index contributed by atoms with van der Waals surface area (Å²) in [4.78, 5) is 20.0. The molecule has 0 aliphatic heterocycles. The van der Waals surface area contributed by atoms with Gasteiger partial charge in [-0.1, -0.05) is 0 Å². The number of carbonyl (C=O) groups excluding carboxylic acids is 1. The lowest BCUT2D eigenvalue weighted by Gasteiger charge is -2.29. The molecule has 124 valence electrons. The van der Waals surface area contributed by atoms with E-state index in [2.05, 4.69) is 20.4 Å². The lowest BCUT2D eigenvalue weighted by atomic mass is 9.93. The van der Waals surface area contributed by atoms with Crippen molar-refractivity contribution < 1.29 is 9.53 Å². The normalized spacial score (nSPS) is 20.1. The number of nitrogens with zero attached hydrogens (tertiary/aromatic N) is 5. The van der Waals surface area contributed by atoms with E-state index in [9.17, 15) is 4.79 Å². The molecule has 1 amide bonds. The highest BCUT2D eigenvalue weighted by Gasteiger charge is 2.24. The Bertz CT molecular complexity index is 716. The number of amides is 1. The number of carbonyl (C=O) groups is 1. The molecule has 3 rings (SSSR count). The molecule has 0 bridgehead atoms. The molecule has 8 nitrogen and oxygen atoms in total. The summed E-state index contributed by atoms with van der Waals surface area (Å²) in [5, 5.41) is 16.1. The summed E-state index contributed by atoms with van der Waals surface area (Å²) >= 11 is 0. The molecule has 0 aromatic carbocycles. The Balaban J connectivity index is 1.46. The smallest absolute Gasteiger partial charge is 0.251 e. The molecule has 0 unspecified atom stereocenters. The second kappa shape index (κ2) is 7.55. The van der Waals surface area contributed by atoms with Crippen molar-refractivity contribution in [3.63, 3.8) is 0 Å². The second-order valence-electron chi connectivity index (χ2n) is 5.68. The summed E-state index contributed by atoms with van der Waals surface area (Å²) in [6, 6.07) is 3.91. The number of ether oxygens (including phenoxy) is 1. The van der Waals surface area contributed by atoms with Crippen LogP contribution in [0.3, 0.4) is 0 Å². The van der Waals surface area contributed by atoms with Gasteiger partial charge in [0.25, 0.3) is 5.88 Å². The van der Waals surface area contributed by atoms with Crippen LogP contribution in [0.4, 0.5) is 0 Å². The molecule has 2 aromatic heterocycles. The van der Waals surface area contributed by atoms with Gasteiger partial charge in [-0.25, -0.2) is 9.97 Å². The van der Waals surface area contributed by atoms with Crippen molar-refractivity contribution in [3.05, 3.63) is 36.5 Å². The van der Waals surface area contributed by atoms with Crippen LogP contribution in [-0.2, 0) is 11.3 Å². The largest absolute Gasteiger partial charge is 0.472 e. The van der Waals surface area contributed by atoms with Gasteiger partial charge in [0.1, 0.15) is 18.7 Å². The first-order chi connectivity index (χ1) is 11.7. The molecule has 24 heavy (non-hydrogen) atoms. The van der Waals surface area contributed by atoms with E-state index in [0.717, 1.165) is 25.7 Å². The van der Waals surface area contributed by atoms with Crippen molar-refractivity contribution in [2.75, 3.05) is 0 Å². The zero-order chi connectivity index (χ0) is 16.8. The molecular formula is C16H18N6O2. The van der Waals surface area contributed by atoms with Gasteiger partial charge in [-0.05, 0) is 31.7 Å². The highest BCUT2D eigenvalue weighted by atomic mass is 16.5. The molecule has 2 aromatic rings. The predicted molar refractivity (Wildman–Crippen MR) is 83.8 cm³/mol. The average molecular weight is 326 g/mol. The molecule has 1 fully saturated rings. The summed E-state index contributed by atoms with van der Waals surface area (Å²) in [5.74, 6) is 0.245. The topological polar surface area (TPSA) is 106 Å². The minimum atomic E-state index is -0.0382. The Morgan fingerprint density at radius 3 is 2.79 bits per heavy atom. The highest BCUT2D eigenvalue weighted by Crippen LogP contribution is 2.23. The quantitative estimate of drug-likeness (QED) is 0.880. The van der Waals surface area contributed by atoms with Crippen LogP contribution in [0.2, 0.25) is 0 Å². The fourth-order valence-corrected chi connectivity index (χ4v) is 2.79. The predicted octanol–water partition coefficient (Wildman–Crippen LogP) is 1.05. The van der Waals surface area contributed by atoms with Gasteiger partial charge in [-0.15, -0.1) is 0 Å². The molecule has 1 aliphatic rings. The zero-order valence-electron chi connectivity index (χ0n) is 13.1. The van der Waals surface area contributed by atoms with E-state index in [1.165, 1.54) is 12.4 Å². The SMILES string of the molecule is N#Cc1nccnc1OC1CCC(NC(=O)Cn2cccn2)CC1. The maximum Gasteiger partial charge on any atom is 0.251 e. The van der Waals surface area contributed by atoms with Crippen molar-refractivity contribution in [2.24, 2.45) is 0 Å². The minimum Gasteiger partial charge on any atom is -0.472 e. The van der Waals surface area contributed by atoms with Gasteiger partial charge in [0.2, 0.25) is 11.6 Å². The highest BCUT2D eigenvalue weighted by molar-refractivity contribution is 5.75. The van der Waals surface area contributed by atoms with Crippen LogP contribution in [0.5, 0.6) is 5.88 Å². The third kappa shape index (κ3) is 4.07. The van der Waals surface area contributed by atoms with Crippen LogP contribution >= 0.6 is 0 Å². The maximum absolute atomic E-state index is 12.0. The van der Waals surface area contributed by atoms with E-state index in [4.69, 9.17) is 10.00 Å². The van der Waals surface area contributed by atoms with E-state index in [0.29, 0.717) is 0 Å². The van der Waals surface area contributed by atoms with E-state index in [-0.39, 0.29) is 36.2 Å². The van der Waals surface area contributed by atoms with Gasteiger partial charge < -0.3 is 10.1 Å². The van der Waals surface area contributed by atoms with E-state index in [1.54, 1.807) is 23.1 Å². The summed E-state index contributed by atoms with van der Waals surface area (Å²) < 4.78 is 7.39. The molecular weight excluding hydrogens is 308 g/mol. The first kappa shape index (κ1) is 15.9. The van der Waals surface area contributed by atoms with E-state index in [1.807, 2.05) is 6.07 Å². The molecule has 0 radical (unpaired) electrons. The van der Waals surface area contributed by atoms with E-state index < -0.39 is 0 Å². The molecule has 0 spiro atoms. The molecule has 0 atom stereocenters. The third-order valence-electron chi connectivity index (χ3n) is 3.95. The van der Waals surface area contributed by atoms with Crippen molar-refractivity contribution in [1.82, 2.24) is 25.1 Å². The first-order valence-electron chi connectivity index (χ1n) is 7.89. The van der Waals surface area contributed by atoms with Crippen LogP contribution in [0.1, 0.15) is 31.4 Å². The van der Waals surface area contributed by atoms with Crippen molar-refractivity contribution >= 4 is 5.91 Å². The molecule has 1 N–H and O–H groups in total. The number of nitrogens with one attached hydrogen (secondary N) is 1. The Morgan fingerprint density at radius 2 is 2.08 bits per heavy atom. The summed E-state index contributed by atoms with van der Waals surface area (Å²) in [5.41, 5.74) is 0.201. The fraction of sp³-hybridized carbons (Fsp3) is 0.438. The second-order valence-corrected chi connectivity index (χ2v) is 5.68. The van der Waals surface area contributed by atoms with Crippen LogP contribution in [0, 0.1) is 11.3 Å². The molecule has 8 heteroatoms. The van der Waals surface area contributed by atoms with Gasteiger partial charge in [-0.3, -0.25) is 9.48 Å². The molecule has 0 saturated heterocycles. The standard InChI is InChI=1S/C16H18N6O2/c17-10-14-16(19-8-7-18-14)24-13-4-2-12(3-5-13)21-15(23)11-22-9-1-6-20-22/h1,6-9,12-13H,2-5,11H2,(H,21,23). The summed E-state index contributed by atoms with van der Waals surface area (Å²) in [7, 11) is 0. The summed E-state index contributed by atoms with van der Waals surface area (Å²) in [6.45, 7) is 0.231. The van der Waals surface area contributed by atoms with Gasteiger partial charge in [-0.2, -0.15) is 10.4 Å².